The van der Waals surface area contributed by atoms with Crippen molar-refractivity contribution in [2.24, 2.45) is 11.7 Å². The third kappa shape index (κ3) is 4.01. The Morgan fingerprint density at radius 2 is 2.26 bits per heavy atom. The molecule has 2 rings (SSSR count). The molecule has 0 unspecified atom stereocenters. The maximum Gasteiger partial charge on any atom is 0.269 e. The summed E-state index contributed by atoms with van der Waals surface area (Å²) in [6.45, 7) is 3.39. The molecular formula is C14H22N4O. The largest absolute Gasteiger partial charge is 0.350 e. The Bertz CT molecular complexity index is 427. The molecule has 5 nitrogen and oxygen atoms in total. The number of hydrogen-bond acceptors (Lipinski definition) is 4. The number of nitrogens with zero attached hydrogens (tertiary/aromatic N) is 2. The van der Waals surface area contributed by atoms with E-state index in [1.807, 2.05) is 6.07 Å². The molecule has 0 spiro atoms. The van der Waals surface area contributed by atoms with E-state index >= 15 is 0 Å². The molecule has 104 valence electrons. The van der Waals surface area contributed by atoms with Crippen molar-refractivity contribution in [2.45, 2.75) is 19.4 Å². The average molecular weight is 262 g/mol. The van der Waals surface area contributed by atoms with Gasteiger partial charge in [-0.2, -0.15) is 0 Å². The molecule has 5 heteroatoms. The first-order chi connectivity index (χ1) is 9.19. The van der Waals surface area contributed by atoms with E-state index in [9.17, 15) is 4.79 Å². The van der Waals surface area contributed by atoms with Crippen LogP contribution in [-0.2, 0) is 6.54 Å². The standard InChI is InChI=1S/C14H22N4O/c1-18-6-3-11(4-7-18)10-17-14(19)13-8-12(9-15)2-5-16-13/h2,5,8,11H,3-4,6-7,9-10,15H2,1H3,(H,17,19). The minimum absolute atomic E-state index is 0.103. The molecule has 19 heavy (non-hydrogen) atoms. The van der Waals surface area contributed by atoms with Crippen LogP contribution in [-0.4, -0.2) is 42.5 Å². The Morgan fingerprint density at radius 1 is 1.53 bits per heavy atom. The molecule has 1 aliphatic heterocycles. The summed E-state index contributed by atoms with van der Waals surface area (Å²) in [5.41, 5.74) is 6.94. The minimum atomic E-state index is -0.103. The van der Waals surface area contributed by atoms with Crippen molar-refractivity contribution < 1.29 is 4.79 Å². The molecule has 1 aromatic rings. The van der Waals surface area contributed by atoms with Crippen LogP contribution in [0.5, 0.6) is 0 Å². The van der Waals surface area contributed by atoms with Crippen molar-refractivity contribution in [1.29, 1.82) is 0 Å². The normalized spacial score (nSPS) is 17.4. The van der Waals surface area contributed by atoms with Gasteiger partial charge in [-0.15, -0.1) is 0 Å². The number of piperidine rings is 1. The van der Waals surface area contributed by atoms with Crippen molar-refractivity contribution in [3.8, 4) is 0 Å². The first-order valence-corrected chi connectivity index (χ1v) is 6.81. The Hall–Kier alpha value is -1.46. The lowest BCUT2D eigenvalue weighted by Gasteiger charge is -2.28. The Balaban J connectivity index is 1.83. The van der Waals surface area contributed by atoms with Gasteiger partial charge in [0.25, 0.3) is 5.91 Å². The van der Waals surface area contributed by atoms with Gasteiger partial charge in [-0.05, 0) is 56.6 Å². The van der Waals surface area contributed by atoms with Crippen LogP contribution in [0.2, 0.25) is 0 Å². The fourth-order valence-electron chi connectivity index (χ4n) is 2.32. The summed E-state index contributed by atoms with van der Waals surface area (Å²) >= 11 is 0. The fraction of sp³-hybridized carbons (Fsp3) is 0.571. The van der Waals surface area contributed by atoms with Crippen molar-refractivity contribution >= 4 is 5.91 Å². The fourth-order valence-corrected chi connectivity index (χ4v) is 2.32. The Kier molecular flexibility index (Phi) is 4.87. The molecule has 0 radical (unpaired) electrons. The van der Waals surface area contributed by atoms with Crippen LogP contribution in [0.3, 0.4) is 0 Å². The van der Waals surface area contributed by atoms with Gasteiger partial charge in [-0.25, -0.2) is 0 Å². The van der Waals surface area contributed by atoms with Gasteiger partial charge < -0.3 is 16.0 Å². The predicted octanol–water partition coefficient (Wildman–Crippen LogP) is 0.612. The number of rotatable bonds is 4. The first kappa shape index (κ1) is 14.0. The van der Waals surface area contributed by atoms with Crippen LogP contribution in [0, 0.1) is 5.92 Å². The van der Waals surface area contributed by atoms with Gasteiger partial charge in [0.1, 0.15) is 5.69 Å². The van der Waals surface area contributed by atoms with Crippen LogP contribution in [0.25, 0.3) is 0 Å². The summed E-state index contributed by atoms with van der Waals surface area (Å²) in [5.74, 6) is 0.479. The zero-order valence-electron chi connectivity index (χ0n) is 11.4. The van der Waals surface area contributed by atoms with Crippen LogP contribution >= 0.6 is 0 Å². The van der Waals surface area contributed by atoms with Crippen molar-refractivity contribution in [2.75, 3.05) is 26.7 Å². The van der Waals surface area contributed by atoms with Gasteiger partial charge in [0, 0.05) is 19.3 Å². The summed E-state index contributed by atoms with van der Waals surface area (Å²) in [5, 5.41) is 2.97. The number of nitrogens with one attached hydrogen (secondary N) is 1. The molecule has 1 aliphatic rings. The molecule has 2 heterocycles. The second-order valence-corrected chi connectivity index (χ2v) is 5.21. The number of pyridine rings is 1. The molecule has 1 amide bonds. The van der Waals surface area contributed by atoms with Crippen LogP contribution in [0.15, 0.2) is 18.3 Å². The molecule has 0 bridgehead atoms. The van der Waals surface area contributed by atoms with E-state index in [1.165, 1.54) is 0 Å². The third-order valence-electron chi connectivity index (χ3n) is 3.68. The molecule has 0 aliphatic carbocycles. The number of likely N-dealkylation sites (tertiary alicyclic amines) is 1. The third-order valence-corrected chi connectivity index (χ3v) is 3.68. The zero-order chi connectivity index (χ0) is 13.7. The predicted molar refractivity (Wildman–Crippen MR) is 74.7 cm³/mol. The minimum Gasteiger partial charge on any atom is -0.350 e. The smallest absolute Gasteiger partial charge is 0.269 e. The highest BCUT2D eigenvalue weighted by Gasteiger charge is 2.17. The molecule has 1 fully saturated rings. The van der Waals surface area contributed by atoms with E-state index in [0.717, 1.165) is 38.0 Å². The number of hydrogen-bond donors (Lipinski definition) is 2. The van der Waals surface area contributed by atoms with Gasteiger partial charge in [0.2, 0.25) is 0 Å². The molecule has 0 saturated carbocycles. The summed E-state index contributed by atoms with van der Waals surface area (Å²) < 4.78 is 0. The van der Waals surface area contributed by atoms with E-state index in [4.69, 9.17) is 5.73 Å². The summed E-state index contributed by atoms with van der Waals surface area (Å²) in [6.07, 6.45) is 3.92. The summed E-state index contributed by atoms with van der Waals surface area (Å²) in [7, 11) is 2.14. The van der Waals surface area contributed by atoms with Crippen LogP contribution in [0.4, 0.5) is 0 Å². The summed E-state index contributed by atoms with van der Waals surface area (Å²) in [4.78, 5) is 18.4. The molecule has 1 saturated heterocycles. The Labute approximate surface area is 114 Å². The first-order valence-electron chi connectivity index (χ1n) is 6.81. The van der Waals surface area contributed by atoms with E-state index in [1.54, 1.807) is 12.3 Å². The van der Waals surface area contributed by atoms with Crippen LogP contribution < -0.4 is 11.1 Å². The lowest BCUT2D eigenvalue weighted by atomic mass is 9.97. The van der Waals surface area contributed by atoms with Crippen molar-refractivity contribution in [3.05, 3.63) is 29.6 Å². The second kappa shape index (κ2) is 6.63. The Morgan fingerprint density at radius 3 is 2.95 bits per heavy atom. The van der Waals surface area contributed by atoms with Gasteiger partial charge in [-0.3, -0.25) is 9.78 Å². The van der Waals surface area contributed by atoms with Gasteiger partial charge >= 0.3 is 0 Å². The van der Waals surface area contributed by atoms with Crippen molar-refractivity contribution in [3.63, 3.8) is 0 Å². The second-order valence-electron chi connectivity index (χ2n) is 5.21. The van der Waals surface area contributed by atoms with E-state index in [0.29, 0.717) is 18.2 Å². The molecular weight excluding hydrogens is 240 g/mol. The lowest BCUT2D eigenvalue weighted by Crippen LogP contribution is -2.37. The summed E-state index contributed by atoms with van der Waals surface area (Å²) in [6, 6.07) is 3.58. The monoisotopic (exact) mass is 262 g/mol. The highest BCUT2D eigenvalue weighted by molar-refractivity contribution is 5.92. The molecule has 3 N–H and O–H groups in total. The van der Waals surface area contributed by atoms with E-state index in [-0.39, 0.29) is 5.91 Å². The highest BCUT2D eigenvalue weighted by atomic mass is 16.1. The maximum atomic E-state index is 12.0. The van der Waals surface area contributed by atoms with Gasteiger partial charge in [0.05, 0.1) is 0 Å². The van der Waals surface area contributed by atoms with Gasteiger partial charge in [0.15, 0.2) is 0 Å². The van der Waals surface area contributed by atoms with Crippen LogP contribution in [0.1, 0.15) is 28.9 Å². The van der Waals surface area contributed by atoms with E-state index < -0.39 is 0 Å². The lowest BCUT2D eigenvalue weighted by molar-refractivity contribution is 0.0934. The topological polar surface area (TPSA) is 71.2 Å². The molecule has 0 aromatic carbocycles. The quantitative estimate of drug-likeness (QED) is 0.834. The number of carbonyl (C=O) groups excluding carboxylic acids is 1. The van der Waals surface area contributed by atoms with Crippen molar-refractivity contribution in [1.82, 2.24) is 15.2 Å². The average Bonchev–Trinajstić information content (AvgIpc) is 2.46. The number of carbonyl (C=O) groups is 1. The SMILES string of the molecule is CN1CCC(CNC(=O)c2cc(CN)ccn2)CC1. The zero-order valence-corrected chi connectivity index (χ0v) is 11.4. The number of nitrogens with two attached hydrogens (primary N) is 1. The van der Waals surface area contributed by atoms with E-state index in [2.05, 4.69) is 22.2 Å². The highest BCUT2D eigenvalue weighted by Crippen LogP contribution is 2.14. The number of aromatic nitrogens is 1. The molecule has 0 atom stereocenters. The van der Waals surface area contributed by atoms with Gasteiger partial charge in [-0.1, -0.05) is 0 Å². The number of amides is 1. The maximum absolute atomic E-state index is 12.0. The molecule has 1 aromatic heterocycles.